The van der Waals surface area contributed by atoms with Crippen molar-refractivity contribution < 1.29 is 9.18 Å². The van der Waals surface area contributed by atoms with Crippen molar-refractivity contribution in [1.29, 1.82) is 0 Å². The number of benzene rings is 1. The summed E-state index contributed by atoms with van der Waals surface area (Å²) < 4.78 is 16.7. The van der Waals surface area contributed by atoms with Crippen molar-refractivity contribution in [2.75, 3.05) is 6.54 Å². The van der Waals surface area contributed by atoms with Crippen LogP contribution < -0.4 is 5.73 Å². The Hall–Kier alpha value is -3.06. The van der Waals surface area contributed by atoms with Crippen LogP contribution in [0.15, 0.2) is 36.5 Å². The van der Waals surface area contributed by atoms with Gasteiger partial charge < -0.3 is 5.73 Å². The molecule has 2 aromatic heterocycles. The van der Waals surface area contributed by atoms with Gasteiger partial charge in [0.05, 0.1) is 11.4 Å². The van der Waals surface area contributed by atoms with Gasteiger partial charge in [0.1, 0.15) is 11.5 Å². The normalized spacial score (nSPS) is 14.2. The van der Waals surface area contributed by atoms with Gasteiger partial charge in [-0.05, 0) is 62.1 Å². The highest BCUT2D eigenvalue weighted by Gasteiger charge is 2.25. The van der Waals surface area contributed by atoms with E-state index in [4.69, 9.17) is 5.73 Å². The van der Waals surface area contributed by atoms with Crippen molar-refractivity contribution in [2.24, 2.45) is 5.73 Å². The Morgan fingerprint density at radius 3 is 2.73 bits per heavy atom. The zero-order chi connectivity index (χ0) is 21.4. The molecule has 2 N–H and O–H groups in total. The van der Waals surface area contributed by atoms with Crippen molar-refractivity contribution in [3.05, 3.63) is 70.6 Å². The first kappa shape index (κ1) is 20.2. The van der Waals surface area contributed by atoms with Crippen molar-refractivity contribution in [3.8, 4) is 11.1 Å². The fraction of sp³-hybridized carbons (Fsp3) is 0.348. The van der Waals surface area contributed by atoms with Gasteiger partial charge in [-0.1, -0.05) is 12.1 Å². The number of carbonyl (C=O) groups excluding carboxylic acids is 1. The molecular weight excluding hydrogens is 381 g/mol. The Morgan fingerprint density at radius 2 is 2.03 bits per heavy atom. The molecule has 0 bridgehead atoms. The summed E-state index contributed by atoms with van der Waals surface area (Å²) in [6, 6.07) is 9.07. The minimum absolute atomic E-state index is 0.165. The zero-order valence-corrected chi connectivity index (χ0v) is 17.5. The smallest absolute Gasteiger partial charge is 0.267 e. The summed E-state index contributed by atoms with van der Waals surface area (Å²) in [4.78, 5) is 18.7. The lowest BCUT2D eigenvalue weighted by molar-refractivity contribution is 0.0994. The molecule has 3 heterocycles. The van der Waals surface area contributed by atoms with E-state index in [2.05, 4.69) is 28.8 Å². The monoisotopic (exact) mass is 407 g/mol. The lowest BCUT2D eigenvalue weighted by Crippen LogP contribution is -2.33. The second kappa shape index (κ2) is 7.99. The number of nitrogens with two attached hydrogens (primary N) is 1. The second-order valence-electron chi connectivity index (χ2n) is 8.15. The third kappa shape index (κ3) is 3.85. The number of amides is 1. The number of carbonyl (C=O) groups is 1. The van der Waals surface area contributed by atoms with Gasteiger partial charge in [0.15, 0.2) is 0 Å². The second-order valence-corrected chi connectivity index (χ2v) is 8.15. The van der Waals surface area contributed by atoms with Crippen molar-refractivity contribution >= 4 is 5.91 Å². The number of halogens is 1. The summed E-state index contributed by atoms with van der Waals surface area (Å²) >= 11 is 0. The Kier molecular flexibility index (Phi) is 5.39. The molecule has 0 fully saturated rings. The predicted octanol–water partition coefficient (Wildman–Crippen LogP) is 3.63. The molecule has 7 heteroatoms. The molecule has 0 saturated heterocycles. The Morgan fingerprint density at radius 1 is 1.23 bits per heavy atom. The van der Waals surface area contributed by atoms with Crippen LogP contribution in [0.4, 0.5) is 4.39 Å². The topological polar surface area (TPSA) is 77.0 Å². The van der Waals surface area contributed by atoms with Crippen molar-refractivity contribution in [2.45, 2.75) is 46.3 Å². The molecule has 0 spiro atoms. The number of rotatable bonds is 5. The lowest BCUT2D eigenvalue weighted by Gasteiger charge is -2.30. The zero-order valence-electron chi connectivity index (χ0n) is 17.5. The van der Waals surface area contributed by atoms with E-state index in [-0.39, 0.29) is 17.6 Å². The van der Waals surface area contributed by atoms with Gasteiger partial charge in [-0.15, -0.1) is 0 Å². The van der Waals surface area contributed by atoms with Gasteiger partial charge >= 0.3 is 0 Å². The fourth-order valence-electron chi connectivity index (χ4n) is 4.10. The summed E-state index contributed by atoms with van der Waals surface area (Å²) in [6.07, 6.45) is 2.54. The quantitative estimate of drug-likeness (QED) is 0.701. The predicted molar refractivity (Wildman–Crippen MR) is 113 cm³/mol. The molecule has 1 amide bonds. The van der Waals surface area contributed by atoms with E-state index in [1.54, 1.807) is 12.1 Å². The molecule has 1 aromatic carbocycles. The number of nitrogens with zero attached hydrogens (tertiary/aromatic N) is 4. The first-order valence-electron chi connectivity index (χ1n) is 10.2. The van der Waals surface area contributed by atoms with Crippen LogP contribution in [0.1, 0.15) is 52.9 Å². The summed E-state index contributed by atoms with van der Waals surface area (Å²) in [6.45, 7) is 8.17. The Balaban J connectivity index is 1.71. The molecular formula is C23H26FN5O. The van der Waals surface area contributed by atoms with Crippen LogP contribution >= 0.6 is 0 Å². The van der Waals surface area contributed by atoms with E-state index < -0.39 is 5.91 Å². The SMILES string of the molecule is Cc1ccc(-c2cc(C(N)=O)nc3c2CCN(Cc2ccnn2C(C)C)C3)c(F)c1. The molecule has 30 heavy (non-hydrogen) atoms. The van der Waals surface area contributed by atoms with E-state index in [0.29, 0.717) is 17.7 Å². The molecule has 3 aromatic rings. The average molecular weight is 407 g/mol. The highest BCUT2D eigenvalue weighted by atomic mass is 19.1. The Bertz CT molecular complexity index is 1100. The number of hydrogen-bond donors (Lipinski definition) is 1. The van der Waals surface area contributed by atoms with Crippen molar-refractivity contribution in [3.63, 3.8) is 0 Å². The van der Waals surface area contributed by atoms with E-state index in [9.17, 15) is 9.18 Å². The maximum absolute atomic E-state index is 14.7. The van der Waals surface area contributed by atoms with E-state index in [1.807, 2.05) is 29.9 Å². The van der Waals surface area contributed by atoms with Crippen LogP contribution in [0.25, 0.3) is 11.1 Å². The molecule has 0 radical (unpaired) electrons. The number of pyridine rings is 1. The molecule has 0 atom stereocenters. The van der Waals surface area contributed by atoms with Crippen LogP contribution in [-0.2, 0) is 19.5 Å². The van der Waals surface area contributed by atoms with Gasteiger partial charge in [-0.2, -0.15) is 5.10 Å². The molecule has 0 unspecified atom stereocenters. The van der Waals surface area contributed by atoms with Gasteiger partial charge in [-0.25, -0.2) is 9.37 Å². The number of aryl methyl sites for hydroxylation is 1. The minimum Gasteiger partial charge on any atom is -0.364 e. The number of fused-ring (bicyclic) bond motifs is 1. The third-order valence-corrected chi connectivity index (χ3v) is 5.56. The molecule has 1 aliphatic rings. The summed E-state index contributed by atoms with van der Waals surface area (Å²) in [5.74, 6) is -0.913. The maximum Gasteiger partial charge on any atom is 0.267 e. The van der Waals surface area contributed by atoms with Gasteiger partial charge in [-0.3, -0.25) is 14.4 Å². The van der Waals surface area contributed by atoms with Crippen LogP contribution in [0.2, 0.25) is 0 Å². The molecule has 6 nitrogen and oxygen atoms in total. The minimum atomic E-state index is -0.610. The number of hydrogen-bond acceptors (Lipinski definition) is 4. The summed E-state index contributed by atoms with van der Waals surface area (Å²) in [5, 5.41) is 4.40. The number of aromatic nitrogens is 3. The molecule has 0 saturated carbocycles. The summed E-state index contributed by atoms with van der Waals surface area (Å²) in [7, 11) is 0. The highest BCUT2D eigenvalue weighted by molar-refractivity contribution is 5.92. The van der Waals surface area contributed by atoms with Crippen LogP contribution in [0, 0.1) is 12.7 Å². The van der Waals surface area contributed by atoms with Crippen LogP contribution in [-0.4, -0.2) is 32.1 Å². The van der Waals surface area contributed by atoms with Gasteiger partial charge in [0.2, 0.25) is 0 Å². The first-order valence-corrected chi connectivity index (χ1v) is 10.2. The molecule has 4 rings (SSSR count). The largest absolute Gasteiger partial charge is 0.364 e. The molecule has 156 valence electrons. The maximum atomic E-state index is 14.7. The first-order chi connectivity index (χ1) is 14.3. The third-order valence-electron chi connectivity index (χ3n) is 5.56. The molecule has 1 aliphatic heterocycles. The average Bonchev–Trinajstić information content (AvgIpc) is 3.15. The Labute approximate surface area is 175 Å². The van der Waals surface area contributed by atoms with Crippen LogP contribution in [0.3, 0.4) is 0 Å². The van der Waals surface area contributed by atoms with E-state index >= 15 is 0 Å². The van der Waals surface area contributed by atoms with E-state index in [0.717, 1.165) is 42.0 Å². The van der Waals surface area contributed by atoms with Crippen LogP contribution in [0.5, 0.6) is 0 Å². The lowest BCUT2D eigenvalue weighted by atomic mass is 9.92. The molecule has 0 aliphatic carbocycles. The van der Waals surface area contributed by atoms with E-state index in [1.165, 1.54) is 6.07 Å². The highest BCUT2D eigenvalue weighted by Crippen LogP contribution is 2.32. The fourth-order valence-corrected chi connectivity index (χ4v) is 4.10. The summed E-state index contributed by atoms with van der Waals surface area (Å²) in [5.41, 5.74) is 10.6. The van der Waals surface area contributed by atoms with Gasteiger partial charge in [0.25, 0.3) is 5.91 Å². The number of primary amides is 1. The van der Waals surface area contributed by atoms with Gasteiger partial charge in [0, 0.05) is 37.4 Å². The standard InChI is InChI=1S/C23H26FN5O/c1-14(2)29-16(6-8-26-29)12-28-9-7-18-19(17-5-4-15(3)10-20(17)24)11-21(23(25)30)27-22(18)13-28/h4-6,8,10-11,14H,7,9,12-13H2,1-3H3,(H2,25,30). The van der Waals surface area contributed by atoms with Crippen molar-refractivity contribution in [1.82, 2.24) is 19.7 Å².